The van der Waals surface area contributed by atoms with Crippen LogP contribution >= 0.6 is 0 Å². The molecule has 27 heavy (non-hydrogen) atoms. The van der Waals surface area contributed by atoms with Crippen molar-refractivity contribution in [3.8, 4) is 0 Å². The quantitative estimate of drug-likeness (QED) is 0.582. The van der Waals surface area contributed by atoms with Crippen LogP contribution in [0.3, 0.4) is 0 Å². The number of carbonyl (C=O) groups is 1. The number of H-pyrrole nitrogens is 1. The van der Waals surface area contributed by atoms with Crippen molar-refractivity contribution < 1.29 is 9.18 Å². The van der Waals surface area contributed by atoms with Crippen LogP contribution in [0.4, 0.5) is 4.39 Å². The minimum Gasteiger partial charge on any atom is -0.340 e. The predicted molar refractivity (Wildman–Crippen MR) is 101 cm³/mol. The number of rotatable bonds is 2. The van der Waals surface area contributed by atoms with Crippen LogP contribution in [-0.2, 0) is 0 Å². The van der Waals surface area contributed by atoms with Crippen LogP contribution in [0.25, 0.3) is 21.9 Å². The minimum atomic E-state index is -0.306. The van der Waals surface area contributed by atoms with E-state index in [1.165, 1.54) is 12.1 Å². The largest absolute Gasteiger partial charge is 0.340 e. The van der Waals surface area contributed by atoms with E-state index in [2.05, 4.69) is 15.0 Å². The lowest BCUT2D eigenvalue weighted by Crippen LogP contribution is -2.31. The molecule has 5 nitrogen and oxygen atoms in total. The zero-order valence-electron chi connectivity index (χ0n) is 14.5. The average molecular weight is 360 g/mol. The van der Waals surface area contributed by atoms with Gasteiger partial charge in [0.25, 0.3) is 5.91 Å². The molecule has 1 aliphatic rings. The normalized spacial score (nSPS) is 17.1. The molecular formula is C21H17FN4O. The number of likely N-dealkylation sites (tertiary alicyclic amines) is 1. The van der Waals surface area contributed by atoms with E-state index in [9.17, 15) is 9.18 Å². The Hall–Kier alpha value is -3.28. The third-order valence-corrected chi connectivity index (χ3v) is 5.13. The van der Waals surface area contributed by atoms with Crippen molar-refractivity contribution in [1.29, 1.82) is 0 Å². The lowest BCUT2D eigenvalue weighted by Gasteiger charge is -2.23. The smallest absolute Gasteiger partial charge is 0.256 e. The molecule has 4 aromatic rings. The van der Waals surface area contributed by atoms with Gasteiger partial charge >= 0.3 is 0 Å². The van der Waals surface area contributed by atoms with Gasteiger partial charge in [-0.25, -0.2) is 9.37 Å². The topological polar surface area (TPSA) is 61.9 Å². The highest BCUT2D eigenvalue weighted by atomic mass is 19.1. The third-order valence-electron chi connectivity index (χ3n) is 5.13. The Bertz CT molecular complexity index is 1170. The zero-order chi connectivity index (χ0) is 18.4. The fourth-order valence-corrected chi connectivity index (χ4v) is 3.81. The van der Waals surface area contributed by atoms with E-state index in [4.69, 9.17) is 0 Å². The molecule has 0 aliphatic carbocycles. The average Bonchev–Trinajstić information content (AvgIpc) is 3.33. The number of hydrogen-bond acceptors (Lipinski definition) is 3. The number of nitrogens with one attached hydrogen (secondary N) is 1. The van der Waals surface area contributed by atoms with Crippen LogP contribution in [0.2, 0.25) is 0 Å². The van der Waals surface area contributed by atoms with E-state index >= 15 is 0 Å². The number of nitrogens with zero attached hydrogens (tertiary/aromatic N) is 3. The molecule has 1 fully saturated rings. The van der Waals surface area contributed by atoms with Crippen LogP contribution in [0, 0.1) is 5.82 Å². The zero-order valence-corrected chi connectivity index (χ0v) is 14.5. The summed E-state index contributed by atoms with van der Waals surface area (Å²) in [6.45, 7) is 0.668. The molecule has 2 aromatic heterocycles. The lowest BCUT2D eigenvalue weighted by atomic mass is 10.1. The summed E-state index contributed by atoms with van der Waals surface area (Å²) < 4.78 is 13.5. The molecule has 1 atom stereocenters. The third kappa shape index (κ3) is 2.73. The van der Waals surface area contributed by atoms with Gasteiger partial charge in [-0.3, -0.25) is 9.78 Å². The van der Waals surface area contributed by atoms with Crippen molar-refractivity contribution in [2.24, 2.45) is 0 Å². The van der Waals surface area contributed by atoms with Crippen LogP contribution < -0.4 is 0 Å². The maximum Gasteiger partial charge on any atom is 0.256 e. The maximum atomic E-state index is 13.5. The van der Waals surface area contributed by atoms with E-state index in [0.717, 1.165) is 23.7 Å². The lowest BCUT2D eigenvalue weighted by molar-refractivity contribution is 0.0730. The minimum absolute atomic E-state index is 0.0533. The van der Waals surface area contributed by atoms with Crippen LogP contribution in [0.1, 0.15) is 35.1 Å². The maximum absolute atomic E-state index is 13.5. The molecular weight excluding hydrogens is 343 g/mol. The van der Waals surface area contributed by atoms with Crippen LogP contribution in [-0.4, -0.2) is 32.3 Å². The highest BCUT2D eigenvalue weighted by Gasteiger charge is 2.33. The van der Waals surface area contributed by atoms with Crippen molar-refractivity contribution in [2.75, 3.05) is 6.54 Å². The standard InChI is InChI=1S/C21H17FN4O/c22-15-7-8-17-18(11-15)25-20(24-17)19-6-3-9-26(19)21(27)14-10-13-4-1-2-5-16(13)23-12-14/h1-2,4-5,7-8,10-12,19H,3,6,9H2,(H,24,25)/t19-/m0/s1. The first-order chi connectivity index (χ1) is 13.2. The predicted octanol–water partition coefficient (Wildman–Crippen LogP) is 4.23. The first-order valence-corrected chi connectivity index (χ1v) is 9.00. The Morgan fingerprint density at radius 1 is 1.15 bits per heavy atom. The summed E-state index contributed by atoms with van der Waals surface area (Å²) in [5.41, 5.74) is 2.80. The van der Waals surface area contributed by atoms with Gasteiger partial charge in [0.15, 0.2) is 0 Å². The van der Waals surface area contributed by atoms with Gasteiger partial charge in [0.2, 0.25) is 0 Å². The number of imidazole rings is 1. The Morgan fingerprint density at radius 3 is 2.96 bits per heavy atom. The van der Waals surface area contributed by atoms with Gasteiger partial charge < -0.3 is 9.88 Å². The van der Waals surface area contributed by atoms with E-state index in [1.54, 1.807) is 12.3 Å². The van der Waals surface area contributed by atoms with Crippen LogP contribution in [0.15, 0.2) is 54.7 Å². The molecule has 0 saturated carbocycles. The van der Waals surface area contributed by atoms with Crippen molar-refractivity contribution in [3.63, 3.8) is 0 Å². The number of carbonyl (C=O) groups excluding carboxylic acids is 1. The van der Waals surface area contributed by atoms with E-state index < -0.39 is 0 Å². The highest BCUT2D eigenvalue weighted by Crippen LogP contribution is 2.33. The van der Waals surface area contributed by atoms with Gasteiger partial charge in [0.05, 0.1) is 28.2 Å². The van der Waals surface area contributed by atoms with Crippen molar-refractivity contribution in [1.82, 2.24) is 19.9 Å². The molecule has 1 aliphatic heterocycles. The van der Waals surface area contributed by atoms with Gasteiger partial charge in [0.1, 0.15) is 11.6 Å². The number of para-hydroxylation sites is 1. The first-order valence-electron chi connectivity index (χ1n) is 9.00. The van der Waals surface area contributed by atoms with Gasteiger partial charge in [-0.15, -0.1) is 0 Å². The Kier molecular flexibility index (Phi) is 3.63. The molecule has 1 amide bonds. The number of halogens is 1. The number of aromatic amines is 1. The Labute approximate surface area is 154 Å². The Morgan fingerprint density at radius 2 is 2.04 bits per heavy atom. The number of hydrogen-bond donors (Lipinski definition) is 1. The summed E-state index contributed by atoms with van der Waals surface area (Å²) >= 11 is 0. The van der Waals surface area contributed by atoms with Gasteiger partial charge in [-0.05, 0) is 43.2 Å². The fourth-order valence-electron chi connectivity index (χ4n) is 3.81. The molecule has 6 heteroatoms. The summed E-state index contributed by atoms with van der Waals surface area (Å²) in [6.07, 6.45) is 3.37. The number of aromatic nitrogens is 3. The molecule has 0 radical (unpaired) electrons. The van der Waals surface area contributed by atoms with Crippen LogP contribution in [0.5, 0.6) is 0 Å². The van der Waals surface area contributed by atoms with E-state index in [1.807, 2.05) is 35.2 Å². The second-order valence-corrected chi connectivity index (χ2v) is 6.86. The summed E-state index contributed by atoms with van der Waals surface area (Å²) in [4.78, 5) is 27.1. The number of benzene rings is 2. The highest BCUT2D eigenvalue weighted by molar-refractivity contribution is 5.97. The summed E-state index contributed by atoms with van der Waals surface area (Å²) in [6, 6.07) is 14.0. The SMILES string of the molecule is O=C(c1cnc2ccccc2c1)N1CCC[C@H]1c1nc2ccc(F)cc2[nH]1. The van der Waals surface area contributed by atoms with Crippen molar-refractivity contribution >= 4 is 27.8 Å². The summed E-state index contributed by atoms with van der Waals surface area (Å²) in [5, 5.41) is 0.943. The second-order valence-electron chi connectivity index (χ2n) is 6.86. The first kappa shape index (κ1) is 15.9. The number of amides is 1. The summed E-state index contributed by atoms with van der Waals surface area (Å²) in [5.74, 6) is 0.344. The molecule has 5 rings (SSSR count). The van der Waals surface area contributed by atoms with Gasteiger partial charge in [0, 0.05) is 18.1 Å². The van der Waals surface area contributed by atoms with E-state index in [-0.39, 0.29) is 17.8 Å². The molecule has 0 unspecified atom stereocenters. The second kappa shape index (κ2) is 6.16. The molecule has 3 heterocycles. The number of fused-ring (bicyclic) bond motifs is 2. The van der Waals surface area contributed by atoms with E-state index in [0.29, 0.717) is 29.0 Å². The molecule has 2 aromatic carbocycles. The number of pyridine rings is 1. The summed E-state index contributed by atoms with van der Waals surface area (Å²) in [7, 11) is 0. The molecule has 0 bridgehead atoms. The van der Waals surface area contributed by atoms with Gasteiger partial charge in [-0.1, -0.05) is 18.2 Å². The monoisotopic (exact) mass is 360 g/mol. The van der Waals surface area contributed by atoms with Crippen molar-refractivity contribution in [2.45, 2.75) is 18.9 Å². The molecule has 134 valence electrons. The molecule has 1 N–H and O–H groups in total. The van der Waals surface area contributed by atoms with Crippen molar-refractivity contribution in [3.05, 3.63) is 71.9 Å². The van der Waals surface area contributed by atoms with Gasteiger partial charge in [-0.2, -0.15) is 0 Å². The molecule has 0 spiro atoms. The Balaban J connectivity index is 1.49. The fraction of sp³-hybridized carbons (Fsp3) is 0.190. The molecule has 1 saturated heterocycles.